The molecule has 1 aromatic carbocycles. The van der Waals surface area contributed by atoms with Crippen molar-refractivity contribution in [3.05, 3.63) is 59.3 Å². The minimum atomic E-state index is -0.927. The quantitative estimate of drug-likeness (QED) is 0.748. The third kappa shape index (κ3) is 4.84. The summed E-state index contributed by atoms with van der Waals surface area (Å²) in [7, 11) is 1.67. The Balaban J connectivity index is 1.60. The van der Waals surface area contributed by atoms with Crippen LogP contribution >= 0.6 is 0 Å². The minimum Gasteiger partial charge on any atom is -0.475 e. The summed E-state index contributed by atoms with van der Waals surface area (Å²) >= 11 is 0. The molecule has 2 aromatic rings. The molecule has 0 spiro atoms. The van der Waals surface area contributed by atoms with Gasteiger partial charge in [-0.15, -0.1) is 0 Å². The van der Waals surface area contributed by atoms with Gasteiger partial charge in [-0.2, -0.15) is 0 Å². The number of benzene rings is 1. The summed E-state index contributed by atoms with van der Waals surface area (Å²) in [4.78, 5) is 7.05. The largest absolute Gasteiger partial charge is 0.475 e. The van der Waals surface area contributed by atoms with Crippen LogP contribution < -0.4 is 4.74 Å². The molecule has 3 aliphatic heterocycles. The summed E-state index contributed by atoms with van der Waals surface area (Å²) in [5, 5.41) is 11.2. The first-order valence-corrected chi connectivity index (χ1v) is 10.7. The molecule has 1 aromatic heterocycles. The monoisotopic (exact) mass is 406 g/mol. The maximum absolute atomic E-state index is 11.2. The van der Waals surface area contributed by atoms with E-state index in [1.807, 2.05) is 37.3 Å². The highest BCUT2D eigenvalue weighted by Gasteiger charge is 2.44. The van der Waals surface area contributed by atoms with Crippen LogP contribution in [0.2, 0.25) is 0 Å². The summed E-state index contributed by atoms with van der Waals surface area (Å²) in [5.41, 5.74) is 1.94. The molecule has 0 saturated carbocycles. The fourth-order valence-electron chi connectivity index (χ4n) is 4.23. The summed E-state index contributed by atoms with van der Waals surface area (Å²) in [6.07, 6.45) is 2.69. The van der Waals surface area contributed by atoms with Gasteiger partial charge in [0.1, 0.15) is 12.2 Å². The number of aliphatic hydroxyl groups is 1. The highest BCUT2D eigenvalue weighted by Crippen LogP contribution is 2.35. The molecule has 0 amide bonds. The first kappa shape index (κ1) is 20.9. The molecule has 3 saturated heterocycles. The Bertz CT molecular complexity index is 913. The Hall–Kier alpha value is -2.39. The van der Waals surface area contributed by atoms with Gasteiger partial charge in [-0.25, -0.2) is 4.98 Å². The fraction of sp³-hybridized carbons (Fsp3) is 0.480. The van der Waals surface area contributed by atoms with Crippen molar-refractivity contribution in [2.75, 3.05) is 33.4 Å². The lowest BCUT2D eigenvalue weighted by molar-refractivity contribution is -0.0713. The zero-order valence-electron chi connectivity index (χ0n) is 17.8. The topological polar surface area (TPSA) is 54.8 Å². The van der Waals surface area contributed by atoms with E-state index < -0.39 is 5.60 Å². The number of nitrogens with zero attached hydrogens (tertiary/aromatic N) is 2. The second-order valence-corrected chi connectivity index (χ2v) is 8.39. The molecular formula is C25H30N2O3. The van der Waals surface area contributed by atoms with E-state index in [4.69, 9.17) is 14.5 Å². The standard InChI is InChI=1S/C25H30N2O3/c1-19(29-2)17-30-24-9-8-21(23(26-24)16-20-6-4-3-5-7-20)10-13-25(28)18-27-14-11-22(25)12-15-27/h3-9,19,22,28H,11-12,14-18H2,1-2H3/t19?,25-/m1/s1. The van der Waals surface area contributed by atoms with E-state index in [0.717, 1.165) is 42.8 Å². The molecule has 4 heterocycles. The van der Waals surface area contributed by atoms with Gasteiger partial charge >= 0.3 is 0 Å². The van der Waals surface area contributed by atoms with Gasteiger partial charge in [0, 0.05) is 37.6 Å². The van der Waals surface area contributed by atoms with Crippen molar-refractivity contribution in [1.82, 2.24) is 9.88 Å². The Kier molecular flexibility index (Phi) is 6.38. The van der Waals surface area contributed by atoms with Crippen molar-refractivity contribution in [1.29, 1.82) is 0 Å². The number of methoxy groups -OCH3 is 1. The van der Waals surface area contributed by atoms with Crippen LogP contribution in [-0.2, 0) is 11.2 Å². The smallest absolute Gasteiger partial charge is 0.213 e. The van der Waals surface area contributed by atoms with E-state index >= 15 is 0 Å². The third-order valence-corrected chi connectivity index (χ3v) is 6.17. The van der Waals surface area contributed by atoms with Gasteiger partial charge in [-0.1, -0.05) is 42.2 Å². The Labute approximate surface area is 179 Å². The van der Waals surface area contributed by atoms with Crippen molar-refractivity contribution in [2.24, 2.45) is 5.92 Å². The fourth-order valence-corrected chi connectivity index (χ4v) is 4.23. The Morgan fingerprint density at radius 2 is 1.97 bits per heavy atom. The second kappa shape index (κ2) is 9.18. The van der Waals surface area contributed by atoms with Crippen LogP contribution in [0, 0.1) is 17.8 Å². The first-order valence-electron chi connectivity index (χ1n) is 10.7. The number of fused-ring (bicyclic) bond motifs is 3. The molecule has 1 unspecified atom stereocenters. The summed E-state index contributed by atoms with van der Waals surface area (Å²) in [6, 6.07) is 14.0. The van der Waals surface area contributed by atoms with Crippen LogP contribution in [0.4, 0.5) is 0 Å². The van der Waals surface area contributed by atoms with Crippen molar-refractivity contribution in [3.8, 4) is 17.7 Å². The molecule has 5 rings (SSSR count). The van der Waals surface area contributed by atoms with Gasteiger partial charge in [0.25, 0.3) is 0 Å². The van der Waals surface area contributed by atoms with Crippen LogP contribution in [0.3, 0.4) is 0 Å². The molecule has 2 bridgehead atoms. The van der Waals surface area contributed by atoms with Gasteiger partial charge in [-0.05, 0) is 44.5 Å². The Morgan fingerprint density at radius 1 is 1.20 bits per heavy atom. The van der Waals surface area contributed by atoms with E-state index in [1.165, 1.54) is 0 Å². The molecule has 5 heteroatoms. The van der Waals surface area contributed by atoms with Gasteiger partial charge in [0.15, 0.2) is 0 Å². The lowest BCUT2D eigenvalue weighted by atomic mass is 9.75. The molecule has 2 atom stereocenters. The number of aromatic nitrogens is 1. The number of rotatable bonds is 6. The van der Waals surface area contributed by atoms with Crippen LogP contribution in [0.25, 0.3) is 0 Å². The number of ether oxygens (including phenoxy) is 2. The lowest BCUT2D eigenvalue weighted by Gasteiger charge is -2.47. The number of piperidine rings is 3. The maximum atomic E-state index is 11.2. The number of hydrogen-bond acceptors (Lipinski definition) is 5. The molecule has 30 heavy (non-hydrogen) atoms. The second-order valence-electron chi connectivity index (χ2n) is 8.39. The van der Waals surface area contributed by atoms with E-state index in [2.05, 4.69) is 28.9 Å². The van der Waals surface area contributed by atoms with Gasteiger partial charge in [0.2, 0.25) is 5.88 Å². The predicted molar refractivity (Wildman–Crippen MR) is 116 cm³/mol. The van der Waals surface area contributed by atoms with Crippen molar-refractivity contribution >= 4 is 0 Å². The third-order valence-electron chi connectivity index (χ3n) is 6.17. The van der Waals surface area contributed by atoms with Crippen LogP contribution in [-0.4, -0.2) is 60.0 Å². The minimum absolute atomic E-state index is 0.00480. The van der Waals surface area contributed by atoms with Crippen molar-refractivity contribution in [2.45, 2.75) is 37.9 Å². The van der Waals surface area contributed by atoms with Crippen molar-refractivity contribution < 1.29 is 14.6 Å². The Morgan fingerprint density at radius 3 is 2.63 bits per heavy atom. The molecule has 5 nitrogen and oxygen atoms in total. The average Bonchev–Trinajstić information content (AvgIpc) is 2.78. The molecule has 1 N–H and O–H groups in total. The zero-order valence-corrected chi connectivity index (χ0v) is 17.8. The zero-order chi connectivity index (χ0) is 21.0. The molecule has 158 valence electrons. The van der Waals surface area contributed by atoms with Gasteiger partial charge in [-0.3, -0.25) is 4.90 Å². The van der Waals surface area contributed by atoms with Gasteiger partial charge in [0.05, 0.1) is 11.8 Å². The molecule has 0 aliphatic carbocycles. The molecule has 3 aliphatic rings. The predicted octanol–water partition coefficient (Wildman–Crippen LogP) is 2.89. The van der Waals surface area contributed by atoms with E-state index in [0.29, 0.717) is 25.5 Å². The summed E-state index contributed by atoms with van der Waals surface area (Å²) in [6.45, 7) is 5.18. The average molecular weight is 407 g/mol. The molecule has 0 radical (unpaired) electrons. The number of hydrogen-bond donors (Lipinski definition) is 1. The highest BCUT2D eigenvalue weighted by atomic mass is 16.5. The SMILES string of the molecule is COC(C)COc1ccc(C#C[C@@]2(O)CN3CCC2CC3)c(Cc2ccccc2)n1. The van der Waals surface area contributed by atoms with Crippen LogP contribution in [0.15, 0.2) is 42.5 Å². The highest BCUT2D eigenvalue weighted by molar-refractivity contribution is 5.44. The van der Waals surface area contributed by atoms with E-state index in [1.54, 1.807) is 7.11 Å². The molecular weight excluding hydrogens is 376 g/mol. The lowest BCUT2D eigenvalue weighted by Crippen LogP contribution is -2.58. The van der Waals surface area contributed by atoms with Crippen molar-refractivity contribution in [3.63, 3.8) is 0 Å². The normalized spacial score (nSPS) is 26.0. The van der Waals surface area contributed by atoms with Crippen LogP contribution in [0.5, 0.6) is 5.88 Å². The van der Waals surface area contributed by atoms with E-state index in [-0.39, 0.29) is 12.0 Å². The summed E-state index contributed by atoms with van der Waals surface area (Å²) in [5.74, 6) is 7.31. The first-order chi connectivity index (χ1) is 14.6. The van der Waals surface area contributed by atoms with E-state index in [9.17, 15) is 5.11 Å². The summed E-state index contributed by atoms with van der Waals surface area (Å²) < 4.78 is 11.1. The molecule has 3 fully saturated rings. The van der Waals surface area contributed by atoms with Gasteiger partial charge < -0.3 is 14.6 Å². The maximum Gasteiger partial charge on any atom is 0.213 e. The van der Waals surface area contributed by atoms with Crippen LogP contribution in [0.1, 0.15) is 36.6 Å². The number of pyridine rings is 1.